The van der Waals surface area contributed by atoms with E-state index in [0.717, 1.165) is 0 Å². The van der Waals surface area contributed by atoms with E-state index >= 15 is 0 Å². The van der Waals surface area contributed by atoms with Gasteiger partial charge in [0.25, 0.3) is 0 Å². The molecule has 15 heavy (non-hydrogen) atoms. The van der Waals surface area contributed by atoms with Crippen LogP contribution >= 0.6 is 0 Å². The number of hydrogen-bond acceptors (Lipinski definition) is 6. The second kappa shape index (κ2) is 4.31. The Morgan fingerprint density at radius 3 is 1.47 bits per heavy atom. The van der Waals surface area contributed by atoms with Gasteiger partial charge in [-0.2, -0.15) is 16.8 Å². The monoisotopic (exact) mass is 262 g/mol. The fourth-order valence-electron chi connectivity index (χ4n) is 1.42. The van der Waals surface area contributed by atoms with Crippen molar-refractivity contribution in [3.63, 3.8) is 0 Å². The first kappa shape index (κ1) is 12.8. The molecular formula is C5H10O8S2. The van der Waals surface area contributed by atoms with Gasteiger partial charge in [-0.05, 0) is 19.3 Å². The lowest BCUT2D eigenvalue weighted by Crippen LogP contribution is -2.30. The highest BCUT2D eigenvalue weighted by Gasteiger charge is 2.35. The Morgan fingerprint density at radius 1 is 0.867 bits per heavy atom. The van der Waals surface area contributed by atoms with Gasteiger partial charge in [0.15, 0.2) is 0 Å². The maximum atomic E-state index is 10.4. The molecule has 1 aliphatic carbocycles. The van der Waals surface area contributed by atoms with E-state index in [0.29, 0.717) is 6.42 Å². The van der Waals surface area contributed by atoms with Gasteiger partial charge in [-0.3, -0.25) is 9.11 Å². The van der Waals surface area contributed by atoms with Crippen molar-refractivity contribution in [2.24, 2.45) is 0 Å². The molecule has 8 nitrogen and oxygen atoms in total. The molecule has 1 fully saturated rings. The fraction of sp³-hybridized carbons (Fsp3) is 1.00. The van der Waals surface area contributed by atoms with Gasteiger partial charge in [-0.25, -0.2) is 8.37 Å². The van der Waals surface area contributed by atoms with E-state index in [2.05, 4.69) is 8.37 Å². The molecule has 0 amide bonds. The maximum absolute atomic E-state index is 10.4. The second-order valence-electron chi connectivity index (χ2n) is 3.06. The van der Waals surface area contributed by atoms with E-state index in [-0.39, 0.29) is 12.8 Å². The molecule has 0 aliphatic heterocycles. The van der Waals surface area contributed by atoms with E-state index in [1.807, 2.05) is 0 Å². The van der Waals surface area contributed by atoms with Gasteiger partial charge in [0, 0.05) is 0 Å². The Bertz CT molecular complexity index is 368. The lowest BCUT2D eigenvalue weighted by atomic mass is 10.3. The van der Waals surface area contributed by atoms with Crippen LogP contribution < -0.4 is 0 Å². The van der Waals surface area contributed by atoms with Crippen molar-refractivity contribution in [2.75, 3.05) is 0 Å². The van der Waals surface area contributed by atoms with E-state index in [1.165, 1.54) is 0 Å². The Hall–Kier alpha value is -0.260. The van der Waals surface area contributed by atoms with Crippen LogP contribution in [0.4, 0.5) is 0 Å². The molecule has 0 saturated heterocycles. The number of hydrogen-bond donors (Lipinski definition) is 2. The molecule has 0 spiro atoms. The first-order valence-corrected chi connectivity index (χ1v) is 6.72. The molecule has 2 unspecified atom stereocenters. The van der Waals surface area contributed by atoms with Gasteiger partial charge < -0.3 is 0 Å². The standard InChI is InChI=1S/C5H10O8S2/c6-14(7,8)12-4-2-1-3-5(4)13-15(9,10)11/h4-5H,1-3H2,(H,6,7,8)(H,9,10,11). The third-order valence-corrected chi connectivity index (χ3v) is 2.86. The van der Waals surface area contributed by atoms with E-state index in [9.17, 15) is 16.8 Å². The summed E-state index contributed by atoms with van der Waals surface area (Å²) in [5.41, 5.74) is 0. The van der Waals surface area contributed by atoms with Crippen LogP contribution in [-0.2, 0) is 29.2 Å². The van der Waals surface area contributed by atoms with Crippen molar-refractivity contribution >= 4 is 20.8 Å². The van der Waals surface area contributed by atoms with Crippen molar-refractivity contribution in [3.05, 3.63) is 0 Å². The molecule has 1 rings (SSSR count). The molecule has 0 aromatic rings. The van der Waals surface area contributed by atoms with Crippen molar-refractivity contribution in [1.82, 2.24) is 0 Å². The van der Waals surface area contributed by atoms with Crippen LogP contribution in [0, 0.1) is 0 Å². The highest BCUT2D eigenvalue weighted by Crippen LogP contribution is 2.26. The molecule has 2 N–H and O–H groups in total. The van der Waals surface area contributed by atoms with Crippen LogP contribution in [0.1, 0.15) is 19.3 Å². The third kappa shape index (κ3) is 4.86. The van der Waals surface area contributed by atoms with Crippen LogP contribution in [0.25, 0.3) is 0 Å². The summed E-state index contributed by atoms with van der Waals surface area (Å²) >= 11 is 0. The minimum Gasteiger partial charge on any atom is -0.264 e. The molecule has 0 heterocycles. The zero-order chi connectivity index (χ0) is 11.7. The van der Waals surface area contributed by atoms with Crippen molar-refractivity contribution in [3.8, 4) is 0 Å². The van der Waals surface area contributed by atoms with E-state index in [1.54, 1.807) is 0 Å². The highest BCUT2D eigenvalue weighted by molar-refractivity contribution is 7.81. The zero-order valence-electron chi connectivity index (χ0n) is 7.44. The predicted molar refractivity (Wildman–Crippen MR) is 46.7 cm³/mol. The third-order valence-electron chi connectivity index (χ3n) is 1.88. The first-order valence-electron chi connectivity index (χ1n) is 3.99. The van der Waals surface area contributed by atoms with Crippen LogP contribution in [0.15, 0.2) is 0 Å². The van der Waals surface area contributed by atoms with Crippen LogP contribution in [0.3, 0.4) is 0 Å². The molecule has 90 valence electrons. The quantitative estimate of drug-likeness (QED) is 0.652. The number of rotatable bonds is 4. The molecule has 1 aliphatic rings. The van der Waals surface area contributed by atoms with E-state index < -0.39 is 33.0 Å². The lowest BCUT2D eigenvalue weighted by Gasteiger charge is -2.16. The van der Waals surface area contributed by atoms with E-state index in [4.69, 9.17) is 9.11 Å². The SMILES string of the molecule is O=S(=O)(O)OC1CCCC1OS(=O)(=O)O. The van der Waals surface area contributed by atoms with Gasteiger partial charge in [0.1, 0.15) is 12.2 Å². The fourth-order valence-corrected chi connectivity index (χ4v) is 2.49. The van der Waals surface area contributed by atoms with Gasteiger partial charge >= 0.3 is 20.8 Å². The van der Waals surface area contributed by atoms with Crippen molar-refractivity contribution in [2.45, 2.75) is 31.5 Å². The minimum absolute atomic E-state index is 0.222. The molecule has 1 saturated carbocycles. The van der Waals surface area contributed by atoms with Gasteiger partial charge in [0.2, 0.25) is 0 Å². The summed E-state index contributed by atoms with van der Waals surface area (Å²) < 4.78 is 66.6. The summed E-state index contributed by atoms with van der Waals surface area (Å²) in [6, 6.07) is 0. The molecule has 0 bridgehead atoms. The Labute approximate surface area is 87.1 Å². The Balaban J connectivity index is 2.66. The van der Waals surface area contributed by atoms with Gasteiger partial charge in [0.05, 0.1) is 0 Å². The maximum Gasteiger partial charge on any atom is 0.397 e. The average molecular weight is 262 g/mol. The minimum atomic E-state index is -4.65. The van der Waals surface area contributed by atoms with Gasteiger partial charge in [-0.15, -0.1) is 0 Å². The summed E-state index contributed by atoms with van der Waals surface area (Å²) in [6.07, 6.45) is -1.27. The van der Waals surface area contributed by atoms with Crippen LogP contribution in [0.2, 0.25) is 0 Å². The van der Waals surface area contributed by atoms with Gasteiger partial charge in [-0.1, -0.05) is 0 Å². The predicted octanol–water partition coefficient (Wildman–Crippen LogP) is -0.454. The topological polar surface area (TPSA) is 127 Å². The molecule has 0 aromatic carbocycles. The lowest BCUT2D eigenvalue weighted by molar-refractivity contribution is 0.0685. The summed E-state index contributed by atoms with van der Waals surface area (Å²) in [5, 5.41) is 0. The molecule has 2 atom stereocenters. The largest absolute Gasteiger partial charge is 0.397 e. The average Bonchev–Trinajstić information content (AvgIpc) is 2.29. The first-order chi connectivity index (χ1) is 6.67. The Morgan fingerprint density at radius 2 is 1.20 bits per heavy atom. The van der Waals surface area contributed by atoms with Crippen molar-refractivity contribution in [1.29, 1.82) is 0 Å². The summed E-state index contributed by atoms with van der Waals surface area (Å²) in [7, 11) is -9.31. The molecular weight excluding hydrogens is 252 g/mol. The Kier molecular flexibility index (Phi) is 3.68. The van der Waals surface area contributed by atoms with Crippen LogP contribution in [-0.4, -0.2) is 38.1 Å². The van der Waals surface area contributed by atoms with Crippen molar-refractivity contribution < 1.29 is 34.3 Å². The second-order valence-corrected chi connectivity index (χ2v) is 5.15. The zero-order valence-corrected chi connectivity index (χ0v) is 9.07. The van der Waals surface area contributed by atoms with Crippen LogP contribution in [0.5, 0.6) is 0 Å². The molecule has 10 heteroatoms. The molecule has 0 aromatic heterocycles. The normalized spacial score (nSPS) is 28.1. The highest BCUT2D eigenvalue weighted by atomic mass is 32.3. The summed E-state index contributed by atoms with van der Waals surface area (Å²) in [6.45, 7) is 0. The summed E-state index contributed by atoms with van der Waals surface area (Å²) in [5.74, 6) is 0. The molecule has 0 radical (unpaired) electrons. The smallest absolute Gasteiger partial charge is 0.264 e. The summed E-state index contributed by atoms with van der Waals surface area (Å²) in [4.78, 5) is 0.